The van der Waals surface area contributed by atoms with Gasteiger partial charge in [-0.3, -0.25) is 0 Å². The van der Waals surface area contributed by atoms with Crippen LogP contribution in [0.3, 0.4) is 0 Å². The molecular weight excluding hydrogens is 368 g/mol. The first-order valence-corrected chi connectivity index (χ1v) is 10.3. The van der Waals surface area contributed by atoms with Gasteiger partial charge in [0.1, 0.15) is 0 Å². The van der Waals surface area contributed by atoms with Crippen molar-refractivity contribution in [1.29, 1.82) is 0 Å². The van der Waals surface area contributed by atoms with Crippen LogP contribution < -0.4 is 0 Å². The van der Waals surface area contributed by atoms with E-state index in [1.807, 2.05) is 0 Å². The van der Waals surface area contributed by atoms with E-state index in [0.717, 1.165) is 0 Å². The summed E-state index contributed by atoms with van der Waals surface area (Å²) < 4.78 is 1.38. The standard InChI is InChI=1S/C24H23Br/c1-15-12-23-22(14-17-7-3-5-9-20(17)24(23)25)21(15)13-18-11-10-16-6-2-4-8-19(16)18/h2,4,6,8,10-12,14,18,21H,3,5,7,9,13H2,1H3. The number of aryl methyl sites for hydroxylation is 1. The van der Waals surface area contributed by atoms with Gasteiger partial charge >= 0.3 is 0 Å². The summed E-state index contributed by atoms with van der Waals surface area (Å²) in [4.78, 5) is 0. The fourth-order valence-electron chi connectivity index (χ4n) is 5.00. The number of hydrogen-bond acceptors (Lipinski definition) is 0. The molecule has 0 amide bonds. The Morgan fingerprint density at radius 1 is 1.08 bits per heavy atom. The average molecular weight is 391 g/mol. The summed E-state index contributed by atoms with van der Waals surface area (Å²) in [5.74, 6) is 1.10. The average Bonchev–Trinajstić information content (AvgIpc) is 3.18. The Balaban J connectivity index is 1.52. The van der Waals surface area contributed by atoms with Crippen LogP contribution in [0, 0.1) is 0 Å². The maximum Gasteiger partial charge on any atom is 0.0285 e. The summed E-state index contributed by atoms with van der Waals surface area (Å²) in [7, 11) is 0. The predicted octanol–water partition coefficient (Wildman–Crippen LogP) is 7.03. The van der Waals surface area contributed by atoms with Crippen molar-refractivity contribution in [1.82, 2.24) is 0 Å². The smallest absolute Gasteiger partial charge is 0.0285 e. The molecule has 2 aromatic rings. The van der Waals surface area contributed by atoms with E-state index in [-0.39, 0.29) is 0 Å². The van der Waals surface area contributed by atoms with E-state index in [9.17, 15) is 0 Å². The van der Waals surface area contributed by atoms with Crippen molar-refractivity contribution >= 4 is 28.1 Å². The van der Waals surface area contributed by atoms with Gasteiger partial charge in [-0.15, -0.1) is 0 Å². The molecule has 0 spiro atoms. The molecule has 2 aromatic carbocycles. The molecule has 0 aliphatic heterocycles. The van der Waals surface area contributed by atoms with Gasteiger partial charge in [0.15, 0.2) is 0 Å². The van der Waals surface area contributed by atoms with Crippen molar-refractivity contribution in [2.75, 3.05) is 0 Å². The first-order chi connectivity index (χ1) is 12.2. The van der Waals surface area contributed by atoms with E-state index in [4.69, 9.17) is 0 Å². The van der Waals surface area contributed by atoms with E-state index >= 15 is 0 Å². The SMILES string of the molecule is CC1=Cc2c(cc3c(c2Br)CCCC3)C1CC1C=Cc2ccccc21. The Labute approximate surface area is 158 Å². The summed E-state index contributed by atoms with van der Waals surface area (Å²) in [5.41, 5.74) is 10.6. The third-order valence-electron chi connectivity index (χ3n) is 6.34. The molecule has 0 N–H and O–H groups in total. The van der Waals surface area contributed by atoms with E-state index in [1.165, 1.54) is 58.8 Å². The van der Waals surface area contributed by atoms with E-state index in [2.05, 4.69) is 71.4 Å². The van der Waals surface area contributed by atoms with E-state index < -0.39 is 0 Å². The minimum absolute atomic E-state index is 0.547. The van der Waals surface area contributed by atoms with Crippen molar-refractivity contribution < 1.29 is 0 Å². The lowest BCUT2D eigenvalue weighted by atomic mass is 9.82. The zero-order valence-corrected chi connectivity index (χ0v) is 16.3. The van der Waals surface area contributed by atoms with Crippen LogP contribution in [0.25, 0.3) is 12.2 Å². The van der Waals surface area contributed by atoms with Crippen molar-refractivity contribution in [2.24, 2.45) is 0 Å². The molecule has 0 heterocycles. The monoisotopic (exact) mass is 390 g/mol. The Hall–Kier alpha value is -1.60. The number of halogens is 1. The number of allylic oxidation sites excluding steroid dienone is 2. The highest BCUT2D eigenvalue weighted by Gasteiger charge is 2.30. The second-order valence-corrected chi connectivity index (χ2v) is 8.60. The normalized spacial score (nSPS) is 23.2. The second-order valence-electron chi connectivity index (χ2n) is 7.81. The quantitative estimate of drug-likeness (QED) is 0.516. The molecule has 2 unspecified atom stereocenters. The fourth-order valence-corrected chi connectivity index (χ4v) is 5.79. The zero-order valence-electron chi connectivity index (χ0n) is 14.7. The van der Waals surface area contributed by atoms with Crippen LogP contribution >= 0.6 is 15.9 Å². The molecule has 0 nitrogen and oxygen atoms in total. The van der Waals surface area contributed by atoms with E-state index in [1.54, 1.807) is 16.7 Å². The molecule has 126 valence electrons. The molecule has 25 heavy (non-hydrogen) atoms. The predicted molar refractivity (Wildman–Crippen MR) is 110 cm³/mol. The number of fused-ring (bicyclic) bond motifs is 3. The highest BCUT2D eigenvalue weighted by molar-refractivity contribution is 9.10. The molecule has 3 aliphatic carbocycles. The lowest BCUT2D eigenvalue weighted by molar-refractivity contribution is 0.653. The molecule has 0 bridgehead atoms. The van der Waals surface area contributed by atoms with Crippen molar-refractivity contribution in [3.05, 3.63) is 79.8 Å². The summed E-state index contributed by atoms with van der Waals surface area (Å²) in [6.07, 6.45) is 13.5. The van der Waals surface area contributed by atoms with Crippen LogP contribution in [0.1, 0.15) is 71.4 Å². The van der Waals surface area contributed by atoms with Gasteiger partial charge in [0.05, 0.1) is 0 Å². The van der Waals surface area contributed by atoms with Crippen LogP contribution in [-0.2, 0) is 12.8 Å². The molecular formula is C24H23Br. The van der Waals surface area contributed by atoms with Crippen LogP contribution in [0.5, 0.6) is 0 Å². The molecule has 0 fully saturated rings. The summed E-state index contributed by atoms with van der Waals surface area (Å²) >= 11 is 3.95. The number of hydrogen-bond donors (Lipinski definition) is 0. The Morgan fingerprint density at radius 2 is 1.92 bits per heavy atom. The zero-order chi connectivity index (χ0) is 17.0. The first-order valence-electron chi connectivity index (χ1n) is 9.52. The Bertz CT molecular complexity index is 916. The van der Waals surface area contributed by atoms with E-state index in [0.29, 0.717) is 11.8 Å². The summed E-state index contributed by atoms with van der Waals surface area (Å²) in [5, 5.41) is 0. The van der Waals surface area contributed by atoms with Crippen LogP contribution in [0.15, 0.2) is 46.5 Å². The first kappa shape index (κ1) is 15.6. The van der Waals surface area contributed by atoms with Gasteiger partial charge in [-0.25, -0.2) is 0 Å². The summed E-state index contributed by atoms with van der Waals surface area (Å²) in [6, 6.07) is 11.4. The topological polar surface area (TPSA) is 0 Å². The van der Waals surface area contributed by atoms with Gasteiger partial charge in [-0.05, 0) is 88.3 Å². The van der Waals surface area contributed by atoms with Crippen molar-refractivity contribution in [3.63, 3.8) is 0 Å². The van der Waals surface area contributed by atoms with Gasteiger partial charge < -0.3 is 0 Å². The molecule has 0 saturated heterocycles. The summed E-state index contributed by atoms with van der Waals surface area (Å²) in [6.45, 7) is 2.32. The molecule has 0 aromatic heterocycles. The molecule has 1 heteroatoms. The highest BCUT2D eigenvalue weighted by atomic mass is 79.9. The number of rotatable bonds is 2. The van der Waals surface area contributed by atoms with Gasteiger partial charge in [-0.1, -0.05) is 54.1 Å². The fraction of sp³-hybridized carbons (Fsp3) is 0.333. The maximum atomic E-state index is 3.95. The lowest BCUT2D eigenvalue weighted by Gasteiger charge is -2.24. The van der Waals surface area contributed by atoms with Gasteiger partial charge in [0.25, 0.3) is 0 Å². The molecule has 5 rings (SSSR count). The Kier molecular flexibility index (Phi) is 3.74. The van der Waals surface area contributed by atoms with Crippen LogP contribution in [0.4, 0.5) is 0 Å². The lowest BCUT2D eigenvalue weighted by Crippen LogP contribution is -2.08. The third kappa shape index (κ3) is 2.47. The molecule has 0 saturated carbocycles. The minimum Gasteiger partial charge on any atom is -0.0763 e. The van der Waals surface area contributed by atoms with Crippen LogP contribution in [-0.4, -0.2) is 0 Å². The molecule has 0 radical (unpaired) electrons. The van der Waals surface area contributed by atoms with Crippen LogP contribution in [0.2, 0.25) is 0 Å². The Morgan fingerprint density at radius 3 is 2.84 bits per heavy atom. The van der Waals surface area contributed by atoms with Gasteiger partial charge in [0, 0.05) is 16.3 Å². The number of benzene rings is 2. The van der Waals surface area contributed by atoms with Crippen molar-refractivity contribution in [2.45, 2.75) is 50.9 Å². The largest absolute Gasteiger partial charge is 0.0763 e. The molecule has 3 aliphatic rings. The second kappa shape index (κ2) is 5.99. The molecule has 2 atom stereocenters. The third-order valence-corrected chi connectivity index (χ3v) is 7.25. The van der Waals surface area contributed by atoms with Crippen molar-refractivity contribution in [3.8, 4) is 0 Å². The minimum atomic E-state index is 0.547. The highest BCUT2D eigenvalue weighted by Crippen LogP contribution is 2.48. The van der Waals surface area contributed by atoms with Gasteiger partial charge in [0.2, 0.25) is 0 Å². The maximum absolute atomic E-state index is 3.95. The van der Waals surface area contributed by atoms with Gasteiger partial charge in [-0.2, -0.15) is 0 Å².